The number of H-pyrrole nitrogens is 1. The molecule has 0 saturated carbocycles. The van der Waals surface area contributed by atoms with Gasteiger partial charge in [-0.3, -0.25) is 29.8 Å². The second-order valence-corrected chi connectivity index (χ2v) is 9.25. The van der Waals surface area contributed by atoms with Crippen molar-refractivity contribution in [1.82, 2.24) is 20.1 Å². The number of aromatic nitrogens is 2. The minimum atomic E-state index is -0.908. The summed E-state index contributed by atoms with van der Waals surface area (Å²) in [4.78, 5) is 52.2. The number of benzene rings is 3. The number of nitro groups is 2. The van der Waals surface area contributed by atoms with Crippen molar-refractivity contribution >= 4 is 28.1 Å². The van der Waals surface area contributed by atoms with Crippen molar-refractivity contribution in [3.63, 3.8) is 0 Å². The molecule has 2 heterocycles. The molecular formula is C26H22N8O8. The van der Waals surface area contributed by atoms with Gasteiger partial charge in [0.05, 0.1) is 45.1 Å². The molecular weight excluding hydrogens is 552 g/mol. The van der Waals surface area contributed by atoms with E-state index in [-0.39, 0.29) is 42.7 Å². The largest absolute Gasteiger partial charge is 0.415 e. The Kier molecular flexibility index (Phi) is 7.67. The van der Waals surface area contributed by atoms with Crippen LogP contribution in [0.25, 0.3) is 10.8 Å². The standard InChI is InChI=1S/C26H22N8O8/c35-25-21-7-2-1-6-20(21)22(27-28-25)15-17-4-3-5-18(14-17)26(36)30-10-12-31(13-11-30)29-34(41)42-24-9-8-19(32(37)38)16-23(24)33(39)40/h1-9,14,16H,10-13,15H2,(H,28,35)/b34-29+. The summed E-state index contributed by atoms with van der Waals surface area (Å²) in [7, 11) is 0. The Morgan fingerprint density at radius 1 is 0.929 bits per heavy atom. The van der Waals surface area contributed by atoms with Crippen LogP contribution in [0.15, 0.2) is 76.7 Å². The van der Waals surface area contributed by atoms with Crippen LogP contribution in [-0.4, -0.2) is 67.1 Å². The Morgan fingerprint density at radius 3 is 2.38 bits per heavy atom. The van der Waals surface area contributed by atoms with Gasteiger partial charge in [-0.05, 0) is 29.8 Å². The van der Waals surface area contributed by atoms with E-state index in [1.807, 2.05) is 18.2 Å². The van der Waals surface area contributed by atoms with Crippen LogP contribution in [0.4, 0.5) is 11.4 Å². The van der Waals surface area contributed by atoms with Crippen molar-refractivity contribution in [2.24, 2.45) is 5.22 Å². The first-order valence-electron chi connectivity index (χ1n) is 12.6. The molecule has 16 nitrogen and oxygen atoms in total. The predicted octanol–water partition coefficient (Wildman–Crippen LogP) is 2.96. The molecule has 214 valence electrons. The molecule has 0 atom stereocenters. The number of fused-ring (bicyclic) bond motifs is 1. The second kappa shape index (κ2) is 11.7. The molecule has 1 amide bonds. The number of amides is 1. The molecule has 1 fully saturated rings. The van der Waals surface area contributed by atoms with Crippen LogP contribution >= 0.6 is 0 Å². The van der Waals surface area contributed by atoms with Crippen LogP contribution in [0.3, 0.4) is 0 Å². The Balaban J connectivity index is 1.22. The summed E-state index contributed by atoms with van der Waals surface area (Å²) in [5.41, 5.74) is 0.403. The van der Waals surface area contributed by atoms with E-state index in [4.69, 9.17) is 4.84 Å². The quantitative estimate of drug-likeness (QED) is 0.185. The molecule has 4 aromatic rings. The van der Waals surface area contributed by atoms with E-state index in [9.17, 15) is 35.0 Å². The van der Waals surface area contributed by atoms with Crippen molar-refractivity contribution in [2.75, 3.05) is 26.2 Å². The molecule has 1 N–H and O–H groups in total. The van der Waals surface area contributed by atoms with Gasteiger partial charge in [-0.15, -0.1) is 0 Å². The number of nitrogens with zero attached hydrogens (tertiary/aromatic N) is 7. The van der Waals surface area contributed by atoms with E-state index in [2.05, 4.69) is 15.4 Å². The van der Waals surface area contributed by atoms with E-state index in [1.165, 1.54) is 5.01 Å². The fraction of sp³-hybridized carbons (Fsp3) is 0.192. The number of carbonyl (C=O) groups is 1. The zero-order valence-corrected chi connectivity index (χ0v) is 21.8. The Labute approximate surface area is 235 Å². The summed E-state index contributed by atoms with van der Waals surface area (Å²) in [6.07, 6.45) is 0.400. The first kappa shape index (κ1) is 27.6. The molecule has 5 rings (SSSR count). The minimum Gasteiger partial charge on any atom is -0.415 e. The Morgan fingerprint density at radius 2 is 1.67 bits per heavy atom. The summed E-state index contributed by atoms with van der Waals surface area (Å²) in [6.45, 7) is 0.848. The summed E-state index contributed by atoms with van der Waals surface area (Å²) in [5.74, 6) is -0.726. The van der Waals surface area contributed by atoms with E-state index in [1.54, 1.807) is 35.2 Å². The van der Waals surface area contributed by atoms with Gasteiger partial charge in [-0.1, -0.05) is 30.3 Å². The van der Waals surface area contributed by atoms with Crippen molar-refractivity contribution in [1.29, 1.82) is 0 Å². The van der Waals surface area contributed by atoms with E-state index in [0.717, 1.165) is 23.1 Å². The zero-order valence-electron chi connectivity index (χ0n) is 21.8. The van der Waals surface area contributed by atoms with Gasteiger partial charge >= 0.3 is 0 Å². The molecule has 0 unspecified atom stereocenters. The maximum absolute atomic E-state index is 13.2. The normalized spacial score (nSPS) is 13.7. The van der Waals surface area contributed by atoms with E-state index in [0.29, 0.717) is 29.1 Å². The molecule has 42 heavy (non-hydrogen) atoms. The van der Waals surface area contributed by atoms with Gasteiger partial charge in [0.2, 0.25) is 0 Å². The highest BCUT2D eigenvalue weighted by atomic mass is 16.9. The number of aromatic amines is 1. The SMILES string of the molecule is O=C(c1cccc(Cc2n[nH]c(=O)c3ccccc23)c1)N1CCN(/N=[N+](\[O-])Oc2ccc([N+](=O)[O-])cc2[N+](=O)[O-])CC1. The van der Waals surface area contributed by atoms with Gasteiger partial charge in [0.1, 0.15) is 24.1 Å². The van der Waals surface area contributed by atoms with Gasteiger partial charge < -0.3 is 14.9 Å². The highest BCUT2D eigenvalue weighted by Crippen LogP contribution is 2.31. The van der Waals surface area contributed by atoms with Crippen LogP contribution in [0.2, 0.25) is 0 Å². The average molecular weight is 575 g/mol. The van der Waals surface area contributed by atoms with E-state index >= 15 is 0 Å². The van der Waals surface area contributed by atoms with Crippen LogP contribution in [0.1, 0.15) is 21.6 Å². The molecule has 1 aliphatic rings. The number of nitro benzene ring substituents is 2. The Bertz CT molecular complexity index is 1780. The number of hydrogen-bond donors (Lipinski definition) is 1. The molecule has 1 saturated heterocycles. The number of carbonyl (C=O) groups excluding carboxylic acids is 1. The summed E-state index contributed by atoms with van der Waals surface area (Å²) >= 11 is 0. The van der Waals surface area contributed by atoms with Gasteiger partial charge in [-0.2, -0.15) is 10.1 Å². The lowest BCUT2D eigenvalue weighted by Gasteiger charge is -2.28. The lowest BCUT2D eigenvalue weighted by atomic mass is 10.0. The number of non-ortho nitro benzene ring substituents is 1. The smallest absolute Gasteiger partial charge is 0.294 e. The predicted molar refractivity (Wildman–Crippen MR) is 146 cm³/mol. The molecule has 3 aromatic carbocycles. The summed E-state index contributed by atoms with van der Waals surface area (Å²) in [5, 5.41) is 47.2. The molecule has 0 spiro atoms. The van der Waals surface area contributed by atoms with Crippen LogP contribution in [0, 0.1) is 25.4 Å². The first-order valence-corrected chi connectivity index (χ1v) is 12.6. The molecule has 0 radical (unpaired) electrons. The van der Waals surface area contributed by atoms with Gasteiger partial charge in [0.15, 0.2) is 0 Å². The third-order valence-corrected chi connectivity index (χ3v) is 6.59. The fourth-order valence-electron chi connectivity index (χ4n) is 4.53. The monoisotopic (exact) mass is 574 g/mol. The van der Waals surface area contributed by atoms with Crippen molar-refractivity contribution in [3.8, 4) is 5.75 Å². The molecule has 1 aromatic heterocycles. The lowest BCUT2D eigenvalue weighted by molar-refractivity contribution is -0.756. The minimum absolute atomic E-state index is 0.184. The van der Waals surface area contributed by atoms with E-state index < -0.39 is 27.0 Å². The number of rotatable bonds is 8. The van der Waals surface area contributed by atoms with Crippen LogP contribution in [0.5, 0.6) is 5.75 Å². The number of hydrogen-bond acceptors (Lipinski definition) is 10. The molecule has 16 heteroatoms. The lowest BCUT2D eigenvalue weighted by Crippen LogP contribution is -2.47. The third-order valence-electron chi connectivity index (χ3n) is 6.59. The zero-order chi connectivity index (χ0) is 29.8. The number of nitrogens with one attached hydrogen (secondary N) is 1. The van der Waals surface area contributed by atoms with Gasteiger partial charge in [0, 0.05) is 23.4 Å². The highest BCUT2D eigenvalue weighted by Gasteiger charge is 2.26. The van der Waals surface area contributed by atoms with Crippen molar-refractivity contribution in [2.45, 2.75) is 6.42 Å². The summed E-state index contributed by atoms with van der Waals surface area (Å²) < 4.78 is 0. The average Bonchev–Trinajstić information content (AvgIpc) is 2.99. The van der Waals surface area contributed by atoms with Crippen molar-refractivity contribution in [3.05, 3.63) is 119 Å². The maximum Gasteiger partial charge on any atom is 0.294 e. The van der Waals surface area contributed by atoms with Gasteiger partial charge in [-0.25, -0.2) is 5.10 Å². The van der Waals surface area contributed by atoms with Crippen LogP contribution in [-0.2, 0) is 6.42 Å². The topological polar surface area (TPSA) is 203 Å². The third kappa shape index (κ3) is 5.96. The Hall–Kier alpha value is -5.93. The van der Waals surface area contributed by atoms with Crippen LogP contribution < -0.4 is 10.4 Å². The van der Waals surface area contributed by atoms with Gasteiger partial charge in [0.25, 0.3) is 22.8 Å². The molecule has 0 aliphatic carbocycles. The molecule has 1 aliphatic heterocycles. The molecule has 0 bridgehead atoms. The number of piperazine rings is 1. The first-order chi connectivity index (χ1) is 20.2. The summed E-state index contributed by atoms with van der Waals surface area (Å²) in [6, 6.07) is 16.9. The second-order valence-electron chi connectivity index (χ2n) is 9.25. The maximum atomic E-state index is 13.2. The van der Waals surface area contributed by atoms with Crippen molar-refractivity contribution < 1.29 is 24.5 Å². The fourth-order valence-corrected chi connectivity index (χ4v) is 4.53. The highest BCUT2D eigenvalue weighted by molar-refractivity contribution is 5.94.